The Bertz CT molecular complexity index is 155. The highest BCUT2D eigenvalue weighted by Gasteiger charge is 1.73. The van der Waals surface area contributed by atoms with Gasteiger partial charge >= 0.3 is 0 Å². The van der Waals surface area contributed by atoms with Crippen LogP contribution in [0.2, 0.25) is 0 Å². The largest absolute Gasteiger partial charge is 0.121 e. The van der Waals surface area contributed by atoms with Crippen molar-refractivity contribution in [2.45, 2.75) is 0 Å². The maximum absolute atomic E-state index is 5.14. The smallest absolute Gasteiger partial charge is 0.0575 e. The first kappa shape index (κ1) is 10.5. The molecule has 0 nitrogen and oxygen atoms in total. The Morgan fingerprint density at radius 3 is 1.27 bits per heavy atom. The van der Waals surface area contributed by atoms with Crippen molar-refractivity contribution in [3.05, 3.63) is 48.0 Å². The first-order chi connectivity index (χ1) is 5.27. The summed E-state index contributed by atoms with van der Waals surface area (Å²) in [5, 5.41) is 0.492. The van der Waals surface area contributed by atoms with Gasteiger partial charge in [-0.2, -0.15) is 0 Å². The van der Waals surface area contributed by atoms with Crippen LogP contribution in [0, 0.1) is 0 Å². The van der Waals surface area contributed by atoms with Gasteiger partial charge in [-0.05, 0) is 0 Å². The van der Waals surface area contributed by atoms with Gasteiger partial charge in [0.05, 0.1) is 5.88 Å². The molecule has 2 heteroatoms. The quantitative estimate of drug-likeness (QED) is 0.591. The van der Waals surface area contributed by atoms with Gasteiger partial charge in [-0.1, -0.05) is 54.6 Å². The summed E-state index contributed by atoms with van der Waals surface area (Å²) in [7, 11) is 0. The summed E-state index contributed by atoms with van der Waals surface area (Å²) >= 11 is 10.2. The molecule has 0 spiro atoms. The average Bonchev–Trinajstić information content (AvgIpc) is 2.09. The van der Waals surface area contributed by atoms with Crippen LogP contribution >= 0.6 is 23.2 Å². The van der Waals surface area contributed by atoms with Gasteiger partial charge in [0.2, 0.25) is 0 Å². The van der Waals surface area contributed by atoms with Gasteiger partial charge in [0.15, 0.2) is 0 Å². The Morgan fingerprint density at radius 1 is 1.00 bits per heavy atom. The van der Waals surface area contributed by atoms with Crippen molar-refractivity contribution in [2.75, 3.05) is 5.88 Å². The van der Waals surface area contributed by atoms with Crippen LogP contribution in [-0.2, 0) is 0 Å². The first-order valence-electron chi connectivity index (χ1n) is 3.16. The molecule has 0 saturated carbocycles. The number of halogens is 2. The number of hydrogen-bond donors (Lipinski definition) is 0. The summed E-state index contributed by atoms with van der Waals surface area (Å²) < 4.78 is 0. The molecular formula is C9H10Cl2. The van der Waals surface area contributed by atoms with Crippen LogP contribution in [0.3, 0.4) is 0 Å². The third-order valence-corrected chi connectivity index (χ3v) is 1.40. The van der Waals surface area contributed by atoms with E-state index < -0.39 is 0 Å². The molecule has 0 amide bonds. The van der Waals surface area contributed by atoms with E-state index in [0.717, 1.165) is 0 Å². The zero-order valence-corrected chi connectivity index (χ0v) is 7.65. The SMILES string of the molecule is C=C(Cl)CCl.c1ccccc1. The first-order valence-corrected chi connectivity index (χ1v) is 4.08. The maximum Gasteiger partial charge on any atom is 0.0575 e. The summed E-state index contributed by atoms with van der Waals surface area (Å²) in [5.41, 5.74) is 0. The predicted octanol–water partition coefficient (Wildman–Crippen LogP) is 3.66. The minimum atomic E-state index is 0.349. The van der Waals surface area contributed by atoms with E-state index >= 15 is 0 Å². The highest BCUT2D eigenvalue weighted by atomic mass is 35.5. The predicted molar refractivity (Wildman–Crippen MR) is 52.2 cm³/mol. The summed E-state index contributed by atoms with van der Waals surface area (Å²) in [6, 6.07) is 12.0. The summed E-state index contributed by atoms with van der Waals surface area (Å²) in [6.07, 6.45) is 0. The van der Waals surface area contributed by atoms with E-state index in [1.807, 2.05) is 36.4 Å². The zero-order chi connectivity index (χ0) is 8.53. The van der Waals surface area contributed by atoms with Crippen molar-refractivity contribution in [1.82, 2.24) is 0 Å². The molecule has 0 aliphatic rings. The number of rotatable bonds is 1. The van der Waals surface area contributed by atoms with E-state index in [2.05, 4.69) is 6.58 Å². The molecule has 0 aliphatic heterocycles. The van der Waals surface area contributed by atoms with Gasteiger partial charge in [0.25, 0.3) is 0 Å². The van der Waals surface area contributed by atoms with E-state index in [9.17, 15) is 0 Å². The van der Waals surface area contributed by atoms with Crippen LogP contribution < -0.4 is 0 Å². The highest BCUT2D eigenvalue weighted by Crippen LogP contribution is 1.96. The number of alkyl halides is 1. The molecule has 0 heterocycles. The second-order valence-electron chi connectivity index (χ2n) is 1.81. The third-order valence-electron chi connectivity index (χ3n) is 0.812. The minimum Gasteiger partial charge on any atom is -0.121 e. The fourth-order valence-electron chi connectivity index (χ4n) is 0.385. The lowest BCUT2D eigenvalue weighted by molar-refractivity contribution is 1.72. The Hall–Kier alpha value is -0.460. The van der Waals surface area contributed by atoms with Crippen LogP contribution in [0.25, 0.3) is 0 Å². The summed E-state index contributed by atoms with van der Waals surface area (Å²) in [4.78, 5) is 0. The van der Waals surface area contributed by atoms with Crippen LogP contribution in [-0.4, -0.2) is 5.88 Å². The van der Waals surface area contributed by atoms with E-state index in [-0.39, 0.29) is 0 Å². The fourth-order valence-corrected chi connectivity index (χ4v) is 0.385. The van der Waals surface area contributed by atoms with Crippen LogP contribution in [0.1, 0.15) is 0 Å². The van der Waals surface area contributed by atoms with Gasteiger partial charge < -0.3 is 0 Å². The molecule has 0 bridgehead atoms. The lowest BCUT2D eigenvalue weighted by Crippen LogP contribution is -1.60. The topological polar surface area (TPSA) is 0 Å². The maximum atomic E-state index is 5.14. The Labute approximate surface area is 77.4 Å². The average molecular weight is 189 g/mol. The van der Waals surface area contributed by atoms with Crippen molar-refractivity contribution >= 4 is 23.2 Å². The monoisotopic (exact) mass is 188 g/mol. The molecule has 0 aliphatic carbocycles. The molecule has 0 unspecified atom stereocenters. The van der Waals surface area contributed by atoms with Crippen LogP contribution in [0.5, 0.6) is 0 Å². The molecule has 0 atom stereocenters. The van der Waals surface area contributed by atoms with Crippen LogP contribution in [0.15, 0.2) is 48.0 Å². The lowest BCUT2D eigenvalue weighted by Gasteiger charge is -1.73. The van der Waals surface area contributed by atoms with Crippen molar-refractivity contribution in [2.24, 2.45) is 0 Å². The Balaban J connectivity index is 0.000000187. The molecule has 0 aromatic heterocycles. The van der Waals surface area contributed by atoms with E-state index in [1.165, 1.54) is 0 Å². The highest BCUT2D eigenvalue weighted by molar-refractivity contribution is 6.35. The van der Waals surface area contributed by atoms with Crippen LogP contribution in [0.4, 0.5) is 0 Å². The fraction of sp³-hybridized carbons (Fsp3) is 0.111. The number of benzene rings is 1. The Kier molecular flexibility index (Phi) is 7.33. The molecule has 0 fully saturated rings. The molecule has 1 aromatic rings. The molecule has 1 aromatic carbocycles. The van der Waals surface area contributed by atoms with Gasteiger partial charge in [0, 0.05) is 5.03 Å². The molecule has 0 N–H and O–H groups in total. The molecular weight excluding hydrogens is 179 g/mol. The zero-order valence-electron chi connectivity index (χ0n) is 6.13. The molecule has 0 radical (unpaired) electrons. The number of hydrogen-bond acceptors (Lipinski definition) is 0. The number of allylic oxidation sites excluding steroid dienone is 1. The second kappa shape index (κ2) is 7.64. The van der Waals surface area contributed by atoms with Crippen molar-refractivity contribution in [1.29, 1.82) is 0 Å². The normalized spacial score (nSPS) is 7.82. The summed E-state index contributed by atoms with van der Waals surface area (Å²) in [5.74, 6) is 0.349. The van der Waals surface area contributed by atoms with E-state index in [1.54, 1.807) is 0 Å². The second-order valence-corrected chi connectivity index (χ2v) is 2.61. The van der Waals surface area contributed by atoms with Gasteiger partial charge in [0.1, 0.15) is 0 Å². The van der Waals surface area contributed by atoms with E-state index in [4.69, 9.17) is 23.2 Å². The van der Waals surface area contributed by atoms with Gasteiger partial charge in [-0.15, -0.1) is 11.6 Å². The Morgan fingerprint density at radius 2 is 1.18 bits per heavy atom. The van der Waals surface area contributed by atoms with Gasteiger partial charge in [-0.25, -0.2) is 0 Å². The van der Waals surface area contributed by atoms with Gasteiger partial charge in [-0.3, -0.25) is 0 Å². The molecule has 11 heavy (non-hydrogen) atoms. The standard InChI is InChI=1S/C6H6.C3H4Cl2/c1-2-4-6-5-3-1;1-3(5)2-4/h1-6H;1-2H2. The molecule has 60 valence electrons. The third kappa shape index (κ3) is 9.54. The lowest BCUT2D eigenvalue weighted by atomic mass is 10.4. The molecule has 0 saturated heterocycles. The van der Waals surface area contributed by atoms with Crippen molar-refractivity contribution < 1.29 is 0 Å². The van der Waals surface area contributed by atoms with Crippen molar-refractivity contribution in [3.8, 4) is 0 Å². The molecule has 1 rings (SSSR count). The van der Waals surface area contributed by atoms with Crippen molar-refractivity contribution in [3.63, 3.8) is 0 Å². The minimum absolute atomic E-state index is 0.349. The van der Waals surface area contributed by atoms with E-state index in [0.29, 0.717) is 10.9 Å². The summed E-state index contributed by atoms with van der Waals surface area (Å²) in [6.45, 7) is 3.31.